The van der Waals surface area contributed by atoms with Crippen LogP contribution < -0.4 is 4.74 Å². The van der Waals surface area contributed by atoms with E-state index in [4.69, 9.17) is 9.47 Å². The van der Waals surface area contributed by atoms with Gasteiger partial charge in [0.1, 0.15) is 5.60 Å². The van der Waals surface area contributed by atoms with E-state index in [0.717, 1.165) is 51.0 Å². The largest absolute Gasteiger partial charge is 0.490 e. The zero-order valence-electron chi connectivity index (χ0n) is 19.9. The van der Waals surface area contributed by atoms with Crippen LogP contribution in [0.15, 0.2) is 23.1 Å². The second-order valence-electron chi connectivity index (χ2n) is 10.6. The summed E-state index contributed by atoms with van der Waals surface area (Å²) in [7, 11) is -3.44. The van der Waals surface area contributed by atoms with E-state index in [1.165, 1.54) is 12.1 Å². The zero-order valence-corrected chi connectivity index (χ0v) is 20.7. The first-order valence-corrected chi connectivity index (χ1v) is 13.7. The number of amides is 1. The van der Waals surface area contributed by atoms with Crippen LogP contribution in [0.25, 0.3) is 0 Å². The van der Waals surface area contributed by atoms with Crippen molar-refractivity contribution in [2.75, 3.05) is 26.0 Å². The summed E-state index contributed by atoms with van der Waals surface area (Å²) in [6.45, 7) is 7.71. The van der Waals surface area contributed by atoms with Gasteiger partial charge in [-0.15, -0.1) is 0 Å². The molecule has 4 rings (SSSR count). The molecule has 0 spiro atoms. The lowest BCUT2D eigenvalue weighted by atomic mass is 9.85. The average molecular weight is 483 g/mol. The molecule has 2 saturated carbocycles. The highest BCUT2D eigenvalue weighted by atomic mass is 32.2. The standard InChI is InChI=1S/C24H35FN2O5S/c1-24(2,3)32-23(28)27-12-11-26(20-14-21(20)27)17-7-5-16(6-8-17)15-31-22-10-9-18(13-19(22)25)33(4,29)30/h9-10,13,16-17,20-21H,5-8,11-12,14-15H2,1-4H3/t16-,17-,20?,21?. The van der Waals surface area contributed by atoms with Gasteiger partial charge in [-0.3, -0.25) is 4.90 Å². The van der Waals surface area contributed by atoms with Crippen molar-refractivity contribution in [3.8, 4) is 5.75 Å². The van der Waals surface area contributed by atoms with Crippen molar-refractivity contribution in [1.82, 2.24) is 9.80 Å². The minimum Gasteiger partial charge on any atom is -0.490 e. The molecule has 1 amide bonds. The van der Waals surface area contributed by atoms with Gasteiger partial charge < -0.3 is 14.4 Å². The lowest BCUT2D eigenvalue weighted by Crippen LogP contribution is -2.53. The first-order chi connectivity index (χ1) is 15.4. The Kier molecular flexibility index (Phi) is 6.66. The molecule has 3 aliphatic rings. The molecule has 9 heteroatoms. The molecule has 1 saturated heterocycles. The summed E-state index contributed by atoms with van der Waals surface area (Å²) in [6, 6.07) is 5.02. The Morgan fingerprint density at radius 3 is 2.42 bits per heavy atom. The van der Waals surface area contributed by atoms with Crippen LogP contribution in [-0.4, -0.2) is 74.0 Å². The Morgan fingerprint density at radius 2 is 1.82 bits per heavy atom. The molecule has 1 aliphatic heterocycles. The lowest BCUT2D eigenvalue weighted by Gasteiger charge is -2.41. The third kappa shape index (κ3) is 5.80. The molecule has 1 heterocycles. The van der Waals surface area contributed by atoms with Gasteiger partial charge in [0.2, 0.25) is 0 Å². The molecule has 1 aromatic carbocycles. The summed E-state index contributed by atoms with van der Waals surface area (Å²) in [6.07, 6.45) is 6.03. The van der Waals surface area contributed by atoms with E-state index in [9.17, 15) is 17.6 Å². The number of piperazine rings is 1. The highest BCUT2D eigenvalue weighted by Gasteiger charge is 2.53. The number of fused-ring (bicyclic) bond motifs is 1. The first-order valence-electron chi connectivity index (χ1n) is 11.8. The Labute approximate surface area is 196 Å². The van der Waals surface area contributed by atoms with Gasteiger partial charge in [-0.1, -0.05) is 0 Å². The third-order valence-electron chi connectivity index (χ3n) is 6.87. The molecule has 7 nitrogen and oxygen atoms in total. The Hall–Kier alpha value is -1.87. The number of rotatable bonds is 5. The normalized spacial score (nSPS) is 28.2. The fraction of sp³-hybridized carbons (Fsp3) is 0.708. The number of carbonyl (C=O) groups is 1. The maximum atomic E-state index is 14.2. The van der Waals surface area contributed by atoms with E-state index in [1.807, 2.05) is 25.7 Å². The molecule has 1 aromatic rings. The minimum atomic E-state index is -3.44. The van der Waals surface area contributed by atoms with E-state index in [1.54, 1.807) is 0 Å². The Balaban J connectivity index is 1.23. The number of ether oxygens (including phenoxy) is 2. The fourth-order valence-corrected chi connectivity index (χ4v) is 5.73. The number of nitrogens with zero attached hydrogens (tertiary/aromatic N) is 2. The van der Waals surface area contributed by atoms with Gasteiger partial charge in [-0.2, -0.15) is 0 Å². The van der Waals surface area contributed by atoms with Crippen LogP contribution >= 0.6 is 0 Å². The van der Waals surface area contributed by atoms with Crippen LogP contribution in [0.1, 0.15) is 52.9 Å². The molecule has 33 heavy (non-hydrogen) atoms. The van der Waals surface area contributed by atoms with Crippen LogP contribution in [0.3, 0.4) is 0 Å². The number of hydrogen-bond acceptors (Lipinski definition) is 6. The number of sulfone groups is 1. The van der Waals surface area contributed by atoms with Crippen LogP contribution in [0.5, 0.6) is 5.75 Å². The lowest BCUT2D eigenvalue weighted by molar-refractivity contribution is 0.00528. The van der Waals surface area contributed by atoms with Crippen LogP contribution in [0, 0.1) is 11.7 Å². The van der Waals surface area contributed by atoms with Gasteiger partial charge in [0.15, 0.2) is 21.4 Å². The topological polar surface area (TPSA) is 76.2 Å². The van der Waals surface area contributed by atoms with Gasteiger partial charge in [-0.05, 0) is 77.0 Å². The third-order valence-corrected chi connectivity index (χ3v) is 7.98. The van der Waals surface area contributed by atoms with E-state index >= 15 is 0 Å². The second kappa shape index (κ2) is 9.06. The highest BCUT2D eigenvalue weighted by Crippen LogP contribution is 2.41. The molecule has 0 N–H and O–H groups in total. The minimum absolute atomic E-state index is 0.0435. The molecular formula is C24H35FN2O5S. The molecule has 0 bridgehead atoms. The van der Waals surface area contributed by atoms with Crippen molar-refractivity contribution < 1.29 is 27.1 Å². The van der Waals surface area contributed by atoms with E-state index in [-0.39, 0.29) is 22.8 Å². The van der Waals surface area contributed by atoms with Crippen molar-refractivity contribution in [3.63, 3.8) is 0 Å². The smallest absolute Gasteiger partial charge is 0.410 e. The fourth-order valence-electron chi connectivity index (χ4n) is 5.10. The number of hydrogen-bond donors (Lipinski definition) is 0. The predicted octanol–water partition coefficient (Wildman–Crippen LogP) is 3.86. The van der Waals surface area contributed by atoms with Crippen molar-refractivity contribution in [2.24, 2.45) is 5.92 Å². The molecule has 184 valence electrons. The second-order valence-corrected chi connectivity index (χ2v) is 12.6. The summed E-state index contributed by atoms with van der Waals surface area (Å²) in [5.74, 6) is -0.189. The molecule has 2 aliphatic carbocycles. The van der Waals surface area contributed by atoms with E-state index in [0.29, 0.717) is 31.2 Å². The predicted molar refractivity (Wildman–Crippen MR) is 123 cm³/mol. The van der Waals surface area contributed by atoms with Gasteiger partial charge >= 0.3 is 6.09 Å². The van der Waals surface area contributed by atoms with Crippen molar-refractivity contribution in [1.29, 1.82) is 0 Å². The molecule has 0 aromatic heterocycles. The Morgan fingerprint density at radius 1 is 1.12 bits per heavy atom. The van der Waals surface area contributed by atoms with Crippen molar-refractivity contribution in [2.45, 2.75) is 81.5 Å². The van der Waals surface area contributed by atoms with E-state index < -0.39 is 21.3 Å². The van der Waals surface area contributed by atoms with Gasteiger partial charge in [-0.25, -0.2) is 17.6 Å². The van der Waals surface area contributed by atoms with Crippen molar-refractivity contribution in [3.05, 3.63) is 24.0 Å². The first kappa shape index (κ1) is 24.3. The number of carbonyl (C=O) groups excluding carboxylic acids is 1. The van der Waals surface area contributed by atoms with Gasteiger partial charge in [0.25, 0.3) is 0 Å². The SMILES string of the molecule is CC(C)(C)OC(=O)N1CCN([C@H]2CC[C@H](COc3ccc(S(C)(=O)=O)cc3F)CC2)C2CC21. The van der Waals surface area contributed by atoms with Crippen molar-refractivity contribution >= 4 is 15.9 Å². The summed E-state index contributed by atoms with van der Waals surface area (Å²) in [5, 5.41) is 0. The van der Waals surface area contributed by atoms with Crippen LogP contribution in [-0.2, 0) is 14.6 Å². The molecule has 2 atom stereocenters. The zero-order chi connectivity index (χ0) is 24.0. The number of halogens is 1. The number of benzene rings is 1. The monoisotopic (exact) mass is 482 g/mol. The molecule has 3 fully saturated rings. The highest BCUT2D eigenvalue weighted by molar-refractivity contribution is 7.90. The summed E-state index contributed by atoms with van der Waals surface area (Å²) in [5.41, 5.74) is -0.474. The van der Waals surface area contributed by atoms with Gasteiger partial charge in [0, 0.05) is 31.4 Å². The summed E-state index contributed by atoms with van der Waals surface area (Å²) < 4.78 is 48.6. The quantitative estimate of drug-likeness (QED) is 0.634. The molecule has 0 radical (unpaired) electrons. The average Bonchev–Trinajstić information content (AvgIpc) is 3.51. The maximum Gasteiger partial charge on any atom is 0.410 e. The van der Waals surface area contributed by atoms with E-state index in [2.05, 4.69) is 4.90 Å². The molecular weight excluding hydrogens is 447 g/mol. The summed E-state index contributed by atoms with van der Waals surface area (Å²) >= 11 is 0. The Bertz CT molecular complexity index is 985. The summed E-state index contributed by atoms with van der Waals surface area (Å²) in [4.78, 5) is 16.9. The van der Waals surface area contributed by atoms with Crippen LogP contribution in [0.4, 0.5) is 9.18 Å². The van der Waals surface area contributed by atoms with Crippen LogP contribution in [0.2, 0.25) is 0 Å². The molecule has 2 unspecified atom stereocenters. The van der Waals surface area contributed by atoms with Gasteiger partial charge in [0.05, 0.1) is 17.5 Å². The maximum absolute atomic E-state index is 14.2.